The van der Waals surface area contributed by atoms with Crippen molar-refractivity contribution in [2.45, 2.75) is 47.7 Å². The number of hydrogen-bond acceptors (Lipinski definition) is 2. The number of benzene rings is 3. The molecule has 1 fully saturated rings. The fourth-order valence-electron chi connectivity index (χ4n) is 5.37. The Hall–Kier alpha value is -1.80. The first-order valence-corrected chi connectivity index (χ1v) is 18.1. The maximum atomic E-state index is 7.14. The van der Waals surface area contributed by atoms with E-state index in [2.05, 4.69) is 97.0 Å². The van der Waals surface area contributed by atoms with Gasteiger partial charge >= 0.3 is 216 Å². The predicted octanol–water partition coefficient (Wildman–Crippen LogP) is 7.30. The average molecular weight is 583 g/mol. The van der Waals surface area contributed by atoms with Crippen LogP contribution in [0.3, 0.4) is 0 Å². The summed E-state index contributed by atoms with van der Waals surface area (Å²) >= 11 is -3.22. The predicted molar refractivity (Wildman–Crippen MR) is 149 cm³/mol. The van der Waals surface area contributed by atoms with Crippen molar-refractivity contribution >= 4 is 40.0 Å². The van der Waals surface area contributed by atoms with E-state index in [4.69, 9.17) is 19.4 Å². The van der Waals surface area contributed by atoms with Gasteiger partial charge in [0, 0.05) is 0 Å². The molecular formula is C29H34Cl2N2Ru. The molecule has 1 aliphatic rings. The molecule has 0 aromatic heterocycles. The van der Waals surface area contributed by atoms with Crippen molar-refractivity contribution in [3.8, 4) is 0 Å². The minimum atomic E-state index is -3.22. The van der Waals surface area contributed by atoms with E-state index in [1.807, 2.05) is 18.2 Å². The number of anilines is 2. The molecule has 34 heavy (non-hydrogen) atoms. The Morgan fingerprint density at radius 2 is 1.12 bits per heavy atom. The molecule has 0 bridgehead atoms. The summed E-state index contributed by atoms with van der Waals surface area (Å²) < 4.78 is 4.34. The number of rotatable bonds is 4. The van der Waals surface area contributed by atoms with E-state index < -0.39 is 11.9 Å². The number of halogens is 2. The molecule has 1 aliphatic heterocycles. The molecule has 0 atom stereocenters. The molecule has 0 aliphatic carbocycles. The Balaban J connectivity index is 1.90. The van der Waals surface area contributed by atoms with Crippen molar-refractivity contribution in [3.63, 3.8) is 0 Å². The Kier molecular flexibility index (Phi) is 7.48. The van der Waals surface area contributed by atoms with Crippen LogP contribution in [0.1, 0.15) is 38.9 Å². The van der Waals surface area contributed by atoms with Gasteiger partial charge < -0.3 is 0 Å². The summed E-state index contributed by atoms with van der Waals surface area (Å²) in [7, 11) is 14.3. The van der Waals surface area contributed by atoms with Gasteiger partial charge in [0.25, 0.3) is 0 Å². The summed E-state index contributed by atoms with van der Waals surface area (Å²) in [5.74, 6) is 0. The first-order valence-electron chi connectivity index (χ1n) is 11.6. The second kappa shape index (κ2) is 10.1. The standard InChI is InChI=1S/C22H28N2.C7H6.2ClH.Ru/c1-14-10-16(3)21(17(4)11-14)23-8-9-24(20(23)7)22-18(5)12-15(2)13-19(22)6;1-7-5-3-2-4-6-7;;;/h7,10-13,20H,8-9H2,1-6H3;1-6H;2*1H;/q;;;;+2/p-2. The van der Waals surface area contributed by atoms with Crippen molar-refractivity contribution in [1.82, 2.24) is 0 Å². The van der Waals surface area contributed by atoms with E-state index in [-0.39, 0.29) is 6.17 Å². The molecule has 182 valence electrons. The quantitative estimate of drug-likeness (QED) is 0.298. The fourth-order valence-corrected chi connectivity index (χ4v) is 9.95. The van der Waals surface area contributed by atoms with Gasteiger partial charge in [0.15, 0.2) is 0 Å². The van der Waals surface area contributed by atoms with Crippen LogP contribution in [0.25, 0.3) is 0 Å². The van der Waals surface area contributed by atoms with Crippen molar-refractivity contribution in [1.29, 1.82) is 0 Å². The van der Waals surface area contributed by atoms with Gasteiger partial charge in [-0.1, -0.05) is 0 Å². The first-order chi connectivity index (χ1) is 16.1. The van der Waals surface area contributed by atoms with Crippen molar-refractivity contribution in [2.75, 3.05) is 22.9 Å². The van der Waals surface area contributed by atoms with E-state index in [1.165, 1.54) is 44.8 Å². The maximum absolute atomic E-state index is 7.14. The summed E-state index contributed by atoms with van der Waals surface area (Å²) in [6.07, 6.45) is -0.0122. The van der Waals surface area contributed by atoms with Crippen molar-refractivity contribution < 1.29 is 11.9 Å². The third kappa shape index (κ3) is 5.38. The Morgan fingerprint density at radius 3 is 1.53 bits per heavy atom. The Morgan fingerprint density at radius 1 is 0.706 bits per heavy atom. The van der Waals surface area contributed by atoms with Crippen LogP contribution in [-0.2, 0) is 11.9 Å². The van der Waals surface area contributed by atoms with Gasteiger partial charge in [0.05, 0.1) is 0 Å². The minimum absolute atomic E-state index is 0.0122. The second-order valence-corrected chi connectivity index (χ2v) is 18.9. The summed E-state index contributed by atoms with van der Waals surface area (Å²) in [5.41, 5.74) is 11.4. The summed E-state index contributed by atoms with van der Waals surface area (Å²) in [4.78, 5) is 5.00. The van der Waals surface area contributed by atoms with Crippen LogP contribution in [0.5, 0.6) is 0 Å². The number of aryl methyl sites for hydroxylation is 6. The van der Waals surface area contributed by atoms with E-state index in [1.54, 1.807) is 0 Å². The zero-order valence-corrected chi connectivity index (χ0v) is 24.1. The van der Waals surface area contributed by atoms with Gasteiger partial charge in [-0.05, 0) is 0 Å². The van der Waals surface area contributed by atoms with Crippen molar-refractivity contribution in [3.05, 3.63) is 93.5 Å². The van der Waals surface area contributed by atoms with Gasteiger partial charge in [0.2, 0.25) is 0 Å². The van der Waals surface area contributed by atoms with E-state index in [0.717, 1.165) is 18.7 Å². The van der Waals surface area contributed by atoms with Gasteiger partial charge in [-0.15, -0.1) is 0 Å². The van der Waals surface area contributed by atoms with Crippen LogP contribution in [0.15, 0.2) is 54.6 Å². The molecule has 3 aromatic carbocycles. The molecule has 2 nitrogen and oxygen atoms in total. The molecule has 0 spiro atoms. The normalized spacial score (nSPS) is 15.1. The topological polar surface area (TPSA) is 6.48 Å². The van der Waals surface area contributed by atoms with Gasteiger partial charge in [-0.2, -0.15) is 0 Å². The molecule has 0 saturated carbocycles. The molecule has 0 unspecified atom stereocenters. The van der Waals surface area contributed by atoms with E-state index in [0.29, 0.717) is 0 Å². The zero-order valence-electron chi connectivity index (χ0n) is 20.8. The van der Waals surface area contributed by atoms with Crippen LogP contribution < -0.4 is 9.80 Å². The molecule has 5 heteroatoms. The Bertz CT molecular complexity index is 1220. The Labute approximate surface area is 215 Å². The number of nitrogens with zero attached hydrogens (tertiary/aromatic N) is 2. The third-order valence-corrected chi connectivity index (χ3v) is 10.9. The first kappa shape index (κ1) is 25.3. The summed E-state index contributed by atoms with van der Waals surface area (Å²) in [6.45, 7) is 15.0. The molecule has 1 saturated heterocycles. The second-order valence-electron chi connectivity index (χ2n) is 9.40. The third-order valence-electron chi connectivity index (χ3n) is 6.38. The summed E-state index contributed by atoms with van der Waals surface area (Å²) in [6, 6.07) is 19.3. The molecular weight excluding hydrogens is 548 g/mol. The number of hydrogen-bond donors (Lipinski definition) is 0. The van der Waals surface area contributed by atoms with Crippen molar-refractivity contribution in [2.24, 2.45) is 0 Å². The van der Waals surface area contributed by atoms with Crippen LogP contribution in [0.2, 0.25) is 0 Å². The molecule has 0 amide bonds. The molecule has 0 N–H and O–H groups in total. The molecule has 0 radical (unpaired) electrons. The monoisotopic (exact) mass is 582 g/mol. The van der Waals surface area contributed by atoms with Gasteiger partial charge in [-0.25, -0.2) is 0 Å². The van der Waals surface area contributed by atoms with E-state index in [9.17, 15) is 0 Å². The van der Waals surface area contributed by atoms with Gasteiger partial charge in [0.1, 0.15) is 0 Å². The van der Waals surface area contributed by atoms with Crippen LogP contribution in [0, 0.1) is 41.5 Å². The zero-order chi connectivity index (χ0) is 24.6. The SMILES string of the molecule is Cc1cc(C)c(N2CCN(c3c(C)cc(C)cc3C)C2[CH]=[Ru]([Cl])([Cl])=[CH]c2ccccc2)c(C)c1. The molecule has 1 heterocycles. The van der Waals surface area contributed by atoms with Gasteiger partial charge in [-0.3, -0.25) is 0 Å². The fraction of sp³-hybridized carbons (Fsp3) is 0.310. The van der Waals surface area contributed by atoms with E-state index >= 15 is 0 Å². The van der Waals surface area contributed by atoms with Crippen LogP contribution in [0.4, 0.5) is 11.4 Å². The molecule has 3 aromatic rings. The molecule has 4 rings (SSSR count). The van der Waals surface area contributed by atoms with Crippen LogP contribution >= 0.6 is 19.4 Å². The van der Waals surface area contributed by atoms with Crippen LogP contribution in [-0.4, -0.2) is 28.5 Å². The summed E-state index contributed by atoms with van der Waals surface area (Å²) in [5, 5.41) is 0. The average Bonchev–Trinajstić information content (AvgIpc) is 3.09.